The van der Waals surface area contributed by atoms with Crippen LogP contribution in [-0.4, -0.2) is 86.0 Å². The highest BCUT2D eigenvalue weighted by molar-refractivity contribution is 5.98. The van der Waals surface area contributed by atoms with Crippen molar-refractivity contribution < 1.29 is 23.7 Å². The summed E-state index contributed by atoms with van der Waals surface area (Å²) in [5.74, 6) is 0.721. The van der Waals surface area contributed by atoms with Crippen LogP contribution in [0.2, 0.25) is 0 Å². The summed E-state index contributed by atoms with van der Waals surface area (Å²) in [6.07, 6.45) is 4.12. The minimum absolute atomic E-state index is 0.0553. The van der Waals surface area contributed by atoms with E-state index in [-0.39, 0.29) is 29.7 Å². The van der Waals surface area contributed by atoms with Crippen molar-refractivity contribution in [3.63, 3.8) is 0 Å². The van der Waals surface area contributed by atoms with E-state index in [0.717, 1.165) is 83.8 Å². The van der Waals surface area contributed by atoms with Gasteiger partial charge in [0.05, 0.1) is 35.7 Å². The van der Waals surface area contributed by atoms with Crippen LogP contribution in [0.4, 0.5) is 20.3 Å². The van der Waals surface area contributed by atoms with Gasteiger partial charge in [-0.25, -0.2) is 8.78 Å². The zero-order valence-corrected chi connectivity index (χ0v) is 27.5. The summed E-state index contributed by atoms with van der Waals surface area (Å²) in [5.41, 5.74) is 4.92. The standard InChI is InChI=1S/C36H43F2N7O3/c1-2-28-30(38)6-5-23-15-27(47)17-32(33(23)28)42-13-7-29-31(21-42)39-35(48-22-36-9-3-11-44(36)19-24(37)18-36)40-34(29)43-10-4-12-45-26(20-43)16-25(41-45)8-14-46/h5-6,15-17,24,46-47H,2-4,7-14,18-22H2,1H3/t24-,36+/m1/s1. The maximum Gasteiger partial charge on any atom is 0.318 e. The Morgan fingerprint density at radius 2 is 1.94 bits per heavy atom. The summed E-state index contributed by atoms with van der Waals surface area (Å²) in [6, 6.07) is 8.97. The predicted molar refractivity (Wildman–Crippen MR) is 179 cm³/mol. The number of alkyl halides is 1. The van der Waals surface area contributed by atoms with Crippen LogP contribution in [0.15, 0.2) is 30.3 Å². The molecule has 2 atom stereocenters. The van der Waals surface area contributed by atoms with E-state index in [2.05, 4.69) is 20.8 Å². The molecule has 0 spiro atoms. The molecule has 0 amide bonds. The fourth-order valence-corrected chi connectivity index (χ4v) is 8.58. The molecule has 0 bridgehead atoms. The third-order valence-corrected chi connectivity index (χ3v) is 10.8. The molecule has 0 radical (unpaired) electrons. The van der Waals surface area contributed by atoms with Crippen LogP contribution >= 0.6 is 0 Å². The lowest BCUT2D eigenvalue weighted by atomic mass is 9.95. The lowest BCUT2D eigenvalue weighted by Gasteiger charge is -2.35. The molecule has 2 N–H and O–H groups in total. The normalized spacial score (nSPS) is 22.5. The molecule has 2 aromatic heterocycles. The Kier molecular flexibility index (Phi) is 8.11. The zero-order chi connectivity index (χ0) is 33.0. The van der Waals surface area contributed by atoms with E-state index in [0.29, 0.717) is 64.0 Å². The molecule has 2 aromatic carbocycles. The van der Waals surface area contributed by atoms with Crippen LogP contribution in [0.5, 0.6) is 11.8 Å². The Bertz CT molecular complexity index is 1850. The molecule has 2 fully saturated rings. The molecule has 0 unspecified atom stereocenters. The van der Waals surface area contributed by atoms with E-state index in [4.69, 9.17) is 19.8 Å². The van der Waals surface area contributed by atoms with E-state index < -0.39 is 6.17 Å². The van der Waals surface area contributed by atoms with Gasteiger partial charge in [0.2, 0.25) is 0 Å². The van der Waals surface area contributed by atoms with Gasteiger partial charge in [0.1, 0.15) is 30.2 Å². The topological polar surface area (TPSA) is 103 Å². The predicted octanol–water partition coefficient (Wildman–Crippen LogP) is 4.70. The van der Waals surface area contributed by atoms with Crippen LogP contribution in [0, 0.1) is 5.82 Å². The molecule has 0 aliphatic carbocycles. The van der Waals surface area contributed by atoms with E-state index in [1.54, 1.807) is 18.2 Å². The number of phenolic OH excluding ortho intramolecular Hbond substituents is 1. The molecule has 254 valence electrons. The van der Waals surface area contributed by atoms with Gasteiger partial charge in [-0.1, -0.05) is 13.0 Å². The van der Waals surface area contributed by atoms with Crippen LogP contribution in [-0.2, 0) is 38.9 Å². The molecule has 0 saturated carbocycles. The second-order valence-corrected chi connectivity index (χ2v) is 13.8. The van der Waals surface area contributed by atoms with Crippen molar-refractivity contribution in [3.05, 3.63) is 64.4 Å². The third-order valence-electron chi connectivity index (χ3n) is 10.8. The summed E-state index contributed by atoms with van der Waals surface area (Å²) < 4.78 is 38.1. The second kappa shape index (κ2) is 12.5. The van der Waals surface area contributed by atoms with E-state index >= 15 is 4.39 Å². The van der Waals surface area contributed by atoms with Gasteiger partial charge in [-0.2, -0.15) is 15.1 Å². The Morgan fingerprint density at radius 1 is 1.04 bits per heavy atom. The van der Waals surface area contributed by atoms with Crippen molar-refractivity contribution in [2.45, 2.75) is 83.2 Å². The minimum Gasteiger partial charge on any atom is -0.508 e. The van der Waals surface area contributed by atoms with Gasteiger partial charge < -0.3 is 24.7 Å². The molecule has 6 heterocycles. The summed E-state index contributed by atoms with van der Waals surface area (Å²) in [4.78, 5) is 16.7. The SMILES string of the molecule is CCc1c(F)ccc2cc(O)cc(N3CCc4c(nc(OC[C@@]56CCCN5C[C@H](F)C6)nc4N4CCCn5nc(CCO)cc5C4)C3)c12. The van der Waals surface area contributed by atoms with Gasteiger partial charge in [-0.3, -0.25) is 9.58 Å². The molecule has 10 nitrogen and oxygen atoms in total. The van der Waals surface area contributed by atoms with Crippen LogP contribution in [0.3, 0.4) is 0 Å². The quantitative estimate of drug-likeness (QED) is 0.279. The van der Waals surface area contributed by atoms with E-state index in [9.17, 15) is 14.6 Å². The van der Waals surface area contributed by atoms with Crippen LogP contribution < -0.4 is 14.5 Å². The number of phenols is 1. The van der Waals surface area contributed by atoms with Crippen molar-refractivity contribution in [1.82, 2.24) is 24.6 Å². The number of hydrogen-bond donors (Lipinski definition) is 2. The average Bonchev–Trinajstić information content (AvgIpc) is 3.69. The second-order valence-electron chi connectivity index (χ2n) is 13.8. The van der Waals surface area contributed by atoms with E-state index in [1.165, 1.54) is 6.07 Å². The number of nitrogens with zero attached hydrogens (tertiary/aromatic N) is 7. The van der Waals surface area contributed by atoms with Crippen molar-refractivity contribution in [2.24, 2.45) is 0 Å². The molecule has 4 aromatic rings. The van der Waals surface area contributed by atoms with E-state index in [1.807, 2.05) is 11.6 Å². The number of ether oxygens (including phenoxy) is 1. The fourth-order valence-electron chi connectivity index (χ4n) is 8.58. The molecule has 48 heavy (non-hydrogen) atoms. The molecule has 4 aliphatic rings. The smallest absolute Gasteiger partial charge is 0.318 e. The maximum absolute atomic E-state index is 15.1. The largest absolute Gasteiger partial charge is 0.508 e. The maximum atomic E-state index is 15.1. The third kappa shape index (κ3) is 5.52. The number of aromatic hydroxyl groups is 1. The van der Waals surface area contributed by atoms with Crippen molar-refractivity contribution in [1.29, 1.82) is 0 Å². The highest BCUT2D eigenvalue weighted by atomic mass is 19.1. The number of hydrogen-bond acceptors (Lipinski definition) is 9. The Balaban J connectivity index is 1.17. The number of halogens is 2. The number of aromatic nitrogens is 4. The van der Waals surface area contributed by atoms with Crippen LogP contribution in [0.1, 0.15) is 60.8 Å². The summed E-state index contributed by atoms with van der Waals surface area (Å²) in [5, 5.41) is 26.5. The fraction of sp³-hybridized carbons (Fsp3) is 0.528. The first-order valence-electron chi connectivity index (χ1n) is 17.4. The first kappa shape index (κ1) is 31.3. The summed E-state index contributed by atoms with van der Waals surface area (Å²) in [7, 11) is 0. The van der Waals surface area contributed by atoms with Gasteiger partial charge in [0.15, 0.2) is 0 Å². The minimum atomic E-state index is -0.852. The molecule has 4 aliphatic heterocycles. The first-order valence-corrected chi connectivity index (χ1v) is 17.4. The van der Waals surface area contributed by atoms with Gasteiger partial charge in [0.25, 0.3) is 0 Å². The van der Waals surface area contributed by atoms with Crippen molar-refractivity contribution in [2.75, 3.05) is 49.2 Å². The molecular formula is C36H43F2N7O3. The van der Waals surface area contributed by atoms with Gasteiger partial charge in [-0.15, -0.1) is 0 Å². The highest BCUT2D eigenvalue weighted by Gasteiger charge is 2.49. The summed E-state index contributed by atoms with van der Waals surface area (Å²) >= 11 is 0. The lowest BCUT2D eigenvalue weighted by molar-refractivity contribution is 0.107. The Morgan fingerprint density at radius 3 is 2.79 bits per heavy atom. The molecular weight excluding hydrogens is 616 g/mol. The molecule has 12 heteroatoms. The lowest BCUT2D eigenvalue weighted by Crippen LogP contribution is -2.43. The number of fused-ring (bicyclic) bond motifs is 4. The highest BCUT2D eigenvalue weighted by Crippen LogP contribution is 2.42. The van der Waals surface area contributed by atoms with Gasteiger partial charge in [-0.05, 0) is 67.8 Å². The molecule has 2 saturated heterocycles. The monoisotopic (exact) mass is 659 g/mol. The van der Waals surface area contributed by atoms with Gasteiger partial charge >= 0.3 is 6.01 Å². The Hall–Kier alpha value is -4.03. The van der Waals surface area contributed by atoms with Crippen LogP contribution in [0.25, 0.3) is 10.8 Å². The number of aliphatic hydroxyl groups excluding tert-OH is 1. The number of aliphatic hydroxyl groups is 1. The Labute approximate surface area is 278 Å². The molecule has 8 rings (SSSR count). The first-order chi connectivity index (χ1) is 23.3. The van der Waals surface area contributed by atoms with Crippen molar-refractivity contribution >= 4 is 22.3 Å². The average molecular weight is 660 g/mol. The number of aryl methyl sites for hydroxylation is 2. The van der Waals surface area contributed by atoms with Gasteiger partial charge in [0, 0.05) is 68.3 Å². The number of anilines is 2. The zero-order valence-electron chi connectivity index (χ0n) is 27.5. The van der Waals surface area contributed by atoms with Crippen molar-refractivity contribution in [3.8, 4) is 11.8 Å². The number of benzene rings is 2. The number of rotatable bonds is 8. The summed E-state index contributed by atoms with van der Waals surface area (Å²) in [6.45, 7) is 6.93.